The number of hydrogen-bond donors (Lipinski definition) is 2. The predicted molar refractivity (Wildman–Crippen MR) is 73.3 cm³/mol. The molecule has 18 heavy (non-hydrogen) atoms. The summed E-state index contributed by atoms with van der Waals surface area (Å²) in [6.45, 7) is 4.23. The van der Waals surface area contributed by atoms with E-state index in [0.717, 1.165) is 31.4 Å². The Bertz CT molecular complexity index is 410. The van der Waals surface area contributed by atoms with Gasteiger partial charge in [0.1, 0.15) is 0 Å². The number of amides is 1. The zero-order chi connectivity index (χ0) is 13.1. The maximum Gasteiger partial charge on any atom is 0.220 e. The van der Waals surface area contributed by atoms with Gasteiger partial charge in [-0.3, -0.25) is 4.79 Å². The molecule has 100 valence electrons. The van der Waals surface area contributed by atoms with Gasteiger partial charge in [-0.15, -0.1) is 11.3 Å². The van der Waals surface area contributed by atoms with Crippen molar-refractivity contribution < 1.29 is 4.79 Å². The molecule has 1 aliphatic carbocycles. The number of thiazole rings is 1. The topological polar surface area (TPSA) is 68.0 Å². The molecule has 5 heteroatoms. The highest BCUT2D eigenvalue weighted by Crippen LogP contribution is 2.27. The lowest BCUT2D eigenvalue weighted by molar-refractivity contribution is -0.122. The Labute approximate surface area is 112 Å². The van der Waals surface area contributed by atoms with Crippen LogP contribution >= 0.6 is 11.3 Å². The molecule has 1 heterocycles. The summed E-state index contributed by atoms with van der Waals surface area (Å²) in [7, 11) is 0. The molecule has 0 aliphatic heterocycles. The van der Waals surface area contributed by atoms with E-state index >= 15 is 0 Å². The molecule has 1 atom stereocenters. The highest BCUT2D eigenvalue weighted by atomic mass is 32.1. The summed E-state index contributed by atoms with van der Waals surface area (Å²) in [5, 5.41) is 3.64. The fourth-order valence-corrected chi connectivity index (χ4v) is 3.52. The van der Waals surface area contributed by atoms with Gasteiger partial charge in [0.15, 0.2) is 0 Å². The van der Waals surface area contributed by atoms with Gasteiger partial charge in [-0.25, -0.2) is 4.98 Å². The summed E-state index contributed by atoms with van der Waals surface area (Å²) in [6, 6.07) is 0.838. The standard InChI is InChI=1S/C13H21N3OS/c1-8-12(18-7-15-8)9(2)16-11-5-3-10(4-6-11)13(14)17/h7,9-11,16H,3-6H2,1-2H3,(H2,14,17). The van der Waals surface area contributed by atoms with Crippen molar-refractivity contribution in [3.63, 3.8) is 0 Å². The second kappa shape index (κ2) is 5.80. The van der Waals surface area contributed by atoms with Crippen molar-refractivity contribution >= 4 is 17.2 Å². The lowest BCUT2D eigenvalue weighted by Crippen LogP contribution is -2.37. The zero-order valence-corrected chi connectivity index (χ0v) is 11.8. The second-order valence-electron chi connectivity index (χ2n) is 5.14. The average Bonchev–Trinajstić information content (AvgIpc) is 2.76. The Morgan fingerprint density at radius 3 is 2.67 bits per heavy atom. The number of rotatable bonds is 4. The molecule has 2 rings (SSSR count). The molecule has 1 amide bonds. The van der Waals surface area contributed by atoms with Gasteiger partial charge in [0, 0.05) is 22.9 Å². The van der Waals surface area contributed by atoms with Crippen molar-refractivity contribution in [2.24, 2.45) is 11.7 Å². The normalized spacial score (nSPS) is 25.9. The predicted octanol–water partition coefficient (Wildman–Crippen LogP) is 2.15. The highest BCUT2D eigenvalue weighted by Gasteiger charge is 2.26. The molecule has 0 bridgehead atoms. The Balaban J connectivity index is 1.85. The summed E-state index contributed by atoms with van der Waals surface area (Å²) >= 11 is 1.70. The molecule has 1 saturated carbocycles. The second-order valence-corrected chi connectivity index (χ2v) is 6.03. The largest absolute Gasteiger partial charge is 0.369 e. The molecule has 0 saturated heterocycles. The first-order valence-corrected chi connectivity index (χ1v) is 7.41. The molecule has 1 fully saturated rings. The Morgan fingerprint density at radius 1 is 1.50 bits per heavy atom. The van der Waals surface area contributed by atoms with Crippen molar-refractivity contribution in [3.8, 4) is 0 Å². The molecular weight excluding hydrogens is 246 g/mol. The van der Waals surface area contributed by atoms with Crippen LogP contribution in [0, 0.1) is 12.8 Å². The van der Waals surface area contributed by atoms with Crippen LogP contribution < -0.4 is 11.1 Å². The van der Waals surface area contributed by atoms with Crippen molar-refractivity contribution in [1.29, 1.82) is 0 Å². The van der Waals surface area contributed by atoms with Crippen LogP contribution in [0.5, 0.6) is 0 Å². The Morgan fingerprint density at radius 2 is 2.17 bits per heavy atom. The average molecular weight is 267 g/mol. The maximum atomic E-state index is 11.1. The molecule has 0 radical (unpaired) electrons. The van der Waals surface area contributed by atoms with Crippen LogP contribution in [0.2, 0.25) is 0 Å². The van der Waals surface area contributed by atoms with Gasteiger partial charge < -0.3 is 11.1 Å². The van der Waals surface area contributed by atoms with E-state index in [0.29, 0.717) is 12.1 Å². The van der Waals surface area contributed by atoms with E-state index in [1.165, 1.54) is 4.88 Å². The van der Waals surface area contributed by atoms with E-state index in [1.54, 1.807) is 11.3 Å². The molecule has 1 unspecified atom stereocenters. The van der Waals surface area contributed by atoms with Crippen LogP contribution in [-0.4, -0.2) is 16.9 Å². The monoisotopic (exact) mass is 267 g/mol. The lowest BCUT2D eigenvalue weighted by Gasteiger charge is -2.29. The third-order valence-electron chi connectivity index (χ3n) is 3.79. The molecule has 4 nitrogen and oxygen atoms in total. The number of carbonyl (C=O) groups is 1. The number of nitrogens with one attached hydrogen (secondary N) is 1. The highest BCUT2D eigenvalue weighted by molar-refractivity contribution is 7.09. The van der Waals surface area contributed by atoms with Crippen LogP contribution in [0.3, 0.4) is 0 Å². The van der Waals surface area contributed by atoms with Crippen molar-refractivity contribution in [2.75, 3.05) is 0 Å². The van der Waals surface area contributed by atoms with Crippen LogP contribution in [0.25, 0.3) is 0 Å². The number of aryl methyl sites for hydroxylation is 1. The summed E-state index contributed by atoms with van der Waals surface area (Å²) in [6.07, 6.45) is 3.91. The third-order valence-corrected chi connectivity index (χ3v) is 4.90. The van der Waals surface area contributed by atoms with E-state index in [-0.39, 0.29) is 11.8 Å². The Hall–Kier alpha value is -0.940. The first-order valence-electron chi connectivity index (χ1n) is 6.53. The molecule has 0 spiro atoms. The number of nitrogens with zero attached hydrogens (tertiary/aromatic N) is 1. The van der Waals surface area contributed by atoms with Crippen molar-refractivity contribution in [2.45, 2.75) is 51.6 Å². The molecule has 1 aromatic rings. The van der Waals surface area contributed by atoms with E-state index < -0.39 is 0 Å². The van der Waals surface area contributed by atoms with Gasteiger partial charge in [-0.05, 0) is 39.5 Å². The number of hydrogen-bond acceptors (Lipinski definition) is 4. The number of primary amides is 1. The van der Waals surface area contributed by atoms with Crippen molar-refractivity contribution in [1.82, 2.24) is 10.3 Å². The third kappa shape index (κ3) is 3.09. The van der Waals surface area contributed by atoms with E-state index in [1.807, 2.05) is 12.4 Å². The first-order chi connectivity index (χ1) is 8.58. The van der Waals surface area contributed by atoms with Crippen molar-refractivity contribution in [3.05, 3.63) is 16.1 Å². The molecular formula is C13H21N3OS. The summed E-state index contributed by atoms with van der Waals surface area (Å²) in [5.74, 6) is -0.0525. The van der Waals surface area contributed by atoms with Gasteiger partial charge in [0.05, 0.1) is 11.2 Å². The van der Waals surface area contributed by atoms with Gasteiger partial charge in [0.25, 0.3) is 0 Å². The SMILES string of the molecule is Cc1ncsc1C(C)NC1CCC(C(N)=O)CC1. The molecule has 3 N–H and O–H groups in total. The van der Waals surface area contributed by atoms with Crippen LogP contribution in [0.1, 0.15) is 49.2 Å². The van der Waals surface area contributed by atoms with Crippen LogP contribution in [0.15, 0.2) is 5.51 Å². The minimum absolute atomic E-state index is 0.0866. The quantitative estimate of drug-likeness (QED) is 0.878. The fraction of sp³-hybridized carbons (Fsp3) is 0.692. The van der Waals surface area contributed by atoms with Gasteiger partial charge in [-0.2, -0.15) is 0 Å². The smallest absolute Gasteiger partial charge is 0.220 e. The first kappa shape index (κ1) is 13.5. The molecule has 1 aliphatic rings. The van der Waals surface area contributed by atoms with Crippen LogP contribution in [-0.2, 0) is 4.79 Å². The maximum absolute atomic E-state index is 11.1. The van der Waals surface area contributed by atoms with E-state index in [2.05, 4.69) is 17.2 Å². The van der Waals surface area contributed by atoms with Gasteiger partial charge in [-0.1, -0.05) is 0 Å². The van der Waals surface area contributed by atoms with Crippen LogP contribution in [0.4, 0.5) is 0 Å². The number of carbonyl (C=O) groups excluding carboxylic acids is 1. The number of aromatic nitrogens is 1. The Kier molecular flexibility index (Phi) is 4.35. The van der Waals surface area contributed by atoms with E-state index in [4.69, 9.17) is 5.73 Å². The van der Waals surface area contributed by atoms with Gasteiger partial charge in [0.2, 0.25) is 5.91 Å². The summed E-state index contributed by atoms with van der Waals surface area (Å²) in [4.78, 5) is 16.7. The summed E-state index contributed by atoms with van der Waals surface area (Å²) in [5.41, 5.74) is 8.36. The van der Waals surface area contributed by atoms with Gasteiger partial charge >= 0.3 is 0 Å². The number of nitrogens with two attached hydrogens (primary N) is 1. The minimum Gasteiger partial charge on any atom is -0.369 e. The fourth-order valence-electron chi connectivity index (χ4n) is 2.70. The lowest BCUT2D eigenvalue weighted by atomic mass is 9.85. The summed E-state index contributed by atoms with van der Waals surface area (Å²) < 4.78 is 0. The molecule has 1 aromatic heterocycles. The molecule has 0 aromatic carbocycles. The zero-order valence-electron chi connectivity index (χ0n) is 11.0. The van der Waals surface area contributed by atoms with E-state index in [9.17, 15) is 4.79 Å². The minimum atomic E-state index is -0.139.